The van der Waals surface area contributed by atoms with Gasteiger partial charge in [-0.25, -0.2) is 4.98 Å². The molecule has 0 bridgehead atoms. The van der Waals surface area contributed by atoms with Crippen LogP contribution < -0.4 is 5.32 Å². The minimum Gasteiger partial charge on any atom is -0.481 e. The van der Waals surface area contributed by atoms with Crippen LogP contribution in [-0.2, 0) is 4.79 Å². The van der Waals surface area contributed by atoms with Crippen LogP contribution >= 0.6 is 0 Å². The molecular formula is C13H17N3O4. The smallest absolute Gasteiger partial charge is 0.308 e. The van der Waals surface area contributed by atoms with Gasteiger partial charge in [0, 0.05) is 12.1 Å². The Morgan fingerprint density at radius 3 is 2.75 bits per heavy atom. The molecule has 1 saturated carbocycles. The Hall–Kier alpha value is -2.18. The van der Waals surface area contributed by atoms with E-state index >= 15 is 0 Å². The molecule has 2 unspecified atom stereocenters. The van der Waals surface area contributed by atoms with Gasteiger partial charge in [-0.1, -0.05) is 12.8 Å². The maximum Gasteiger partial charge on any atom is 0.308 e. The maximum atomic E-state index is 11.2. The van der Waals surface area contributed by atoms with E-state index in [4.69, 9.17) is 0 Å². The first-order valence-corrected chi connectivity index (χ1v) is 6.60. The molecule has 7 nitrogen and oxygen atoms in total. The van der Waals surface area contributed by atoms with Crippen molar-refractivity contribution in [2.45, 2.75) is 38.6 Å². The van der Waals surface area contributed by atoms with Gasteiger partial charge in [0.1, 0.15) is 11.5 Å². The molecule has 1 aliphatic carbocycles. The normalized spacial score (nSPS) is 22.2. The van der Waals surface area contributed by atoms with Crippen molar-refractivity contribution in [1.82, 2.24) is 4.98 Å². The molecule has 0 spiro atoms. The molecular weight excluding hydrogens is 262 g/mol. The number of nitrogens with zero attached hydrogens (tertiary/aromatic N) is 2. The Morgan fingerprint density at radius 1 is 1.45 bits per heavy atom. The van der Waals surface area contributed by atoms with Gasteiger partial charge in [-0.05, 0) is 25.8 Å². The highest BCUT2D eigenvalue weighted by Crippen LogP contribution is 2.28. The third-order valence-electron chi connectivity index (χ3n) is 3.67. The number of hydrogen-bond acceptors (Lipinski definition) is 5. The SMILES string of the molecule is Cc1nc(NC2CCCCC2C(=O)O)ccc1[N+](=O)[O-]. The zero-order valence-electron chi connectivity index (χ0n) is 11.2. The molecule has 0 radical (unpaired) electrons. The summed E-state index contributed by atoms with van der Waals surface area (Å²) < 4.78 is 0. The van der Waals surface area contributed by atoms with Gasteiger partial charge >= 0.3 is 5.97 Å². The second kappa shape index (κ2) is 5.85. The van der Waals surface area contributed by atoms with Crippen LogP contribution in [-0.4, -0.2) is 27.0 Å². The fourth-order valence-corrected chi connectivity index (χ4v) is 2.62. The fourth-order valence-electron chi connectivity index (χ4n) is 2.62. The van der Waals surface area contributed by atoms with Crippen molar-refractivity contribution in [3.8, 4) is 0 Å². The van der Waals surface area contributed by atoms with Crippen molar-refractivity contribution in [1.29, 1.82) is 0 Å². The molecule has 0 amide bonds. The predicted molar refractivity (Wildman–Crippen MR) is 72.6 cm³/mol. The number of nitro groups is 1. The van der Waals surface area contributed by atoms with Crippen molar-refractivity contribution in [2.24, 2.45) is 5.92 Å². The number of hydrogen-bond donors (Lipinski definition) is 2. The van der Waals surface area contributed by atoms with Gasteiger partial charge < -0.3 is 10.4 Å². The van der Waals surface area contributed by atoms with E-state index in [1.54, 1.807) is 6.92 Å². The molecule has 1 aliphatic rings. The Morgan fingerprint density at radius 2 is 2.15 bits per heavy atom. The number of carboxylic acid groups (broad SMARTS) is 1. The van der Waals surface area contributed by atoms with Crippen LogP contribution in [0, 0.1) is 23.0 Å². The molecule has 2 rings (SSSR count). The average molecular weight is 279 g/mol. The zero-order valence-corrected chi connectivity index (χ0v) is 11.2. The number of pyridine rings is 1. The van der Waals surface area contributed by atoms with E-state index in [1.165, 1.54) is 12.1 Å². The molecule has 1 aromatic rings. The van der Waals surface area contributed by atoms with E-state index in [9.17, 15) is 20.0 Å². The number of aliphatic carboxylic acids is 1. The number of carbonyl (C=O) groups is 1. The van der Waals surface area contributed by atoms with Crippen LogP contribution in [0.4, 0.5) is 11.5 Å². The van der Waals surface area contributed by atoms with Crippen molar-refractivity contribution in [2.75, 3.05) is 5.32 Å². The standard InChI is InChI=1S/C13H17N3O4/c1-8-11(16(19)20)6-7-12(14-8)15-10-5-3-2-4-9(10)13(17)18/h6-7,9-10H,2-5H2,1H3,(H,14,15)(H,17,18). The summed E-state index contributed by atoms with van der Waals surface area (Å²) in [4.78, 5) is 25.6. The van der Waals surface area contributed by atoms with Crippen molar-refractivity contribution in [3.05, 3.63) is 27.9 Å². The van der Waals surface area contributed by atoms with Crippen LogP contribution in [0.5, 0.6) is 0 Å². The molecule has 1 fully saturated rings. The van der Waals surface area contributed by atoms with Crippen LogP contribution in [0.1, 0.15) is 31.4 Å². The van der Waals surface area contributed by atoms with Gasteiger partial charge in [-0.2, -0.15) is 0 Å². The number of rotatable bonds is 4. The molecule has 1 aromatic heterocycles. The first-order valence-electron chi connectivity index (χ1n) is 6.60. The first kappa shape index (κ1) is 14.2. The van der Waals surface area contributed by atoms with E-state index in [0.29, 0.717) is 17.9 Å². The van der Waals surface area contributed by atoms with Crippen molar-refractivity contribution in [3.63, 3.8) is 0 Å². The lowest BCUT2D eigenvalue weighted by Crippen LogP contribution is -2.37. The van der Waals surface area contributed by atoms with Crippen molar-refractivity contribution >= 4 is 17.5 Å². The van der Waals surface area contributed by atoms with E-state index < -0.39 is 16.8 Å². The predicted octanol–water partition coefficient (Wildman–Crippen LogP) is 2.35. The minimum atomic E-state index is -0.805. The molecule has 0 aliphatic heterocycles. The Labute approximate surface area is 116 Å². The Bertz CT molecular complexity index is 532. The summed E-state index contributed by atoms with van der Waals surface area (Å²) in [6.45, 7) is 1.57. The summed E-state index contributed by atoms with van der Waals surface area (Å²) in [6, 6.07) is 2.75. The second-order valence-electron chi connectivity index (χ2n) is 5.04. The number of aromatic nitrogens is 1. The van der Waals surface area contributed by atoms with Crippen LogP contribution in [0.25, 0.3) is 0 Å². The third-order valence-corrected chi connectivity index (χ3v) is 3.67. The van der Waals surface area contributed by atoms with Crippen LogP contribution in [0.2, 0.25) is 0 Å². The van der Waals surface area contributed by atoms with Gasteiger partial charge in [0.2, 0.25) is 0 Å². The molecule has 7 heteroatoms. The molecule has 108 valence electrons. The average Bonchev–Trinajstić information content (AvgIpc) is 2.38. The maximum absolute atomic E-state index is 11.2. The molecule has 20 heavy (non-hydrogen) atoms. The number of nitrogens with one attached hydrogen (secondary N) is 1. The summed E-state index contributed by atoms with van der Waals surface area (Å²) >= 11 is 0. The molecule has 1 heterocycles. The Kier molecular flexibility index (Phi) is 4.16. The van der Waals surface area contributed by atoms with Crippen LogP contribution in [0.3, 0.4) is 0 Å². The largest absolute Gasteiger partial charge is 0.481 e. The monoisotopic (exact) mass is 279 g/mol. The van der Waals surface area contributed by atoms with Gasteiger partial charge in [-0.15, -0.1) is 0 Å². The lowest BCUT2D eigenvalue weighted by atomic mass is 9.84. The third kappa shape index (κ3) is 3.04. The highest BCUT2D eigenvalue weighted by Gasteiger charge is 2.31. The van der Waals surface area contributed by atoms with E-state index in [0.717, 1.165) is 19.3 Å². The lowest BCUT2D eigenvalue weighted by molar-refractivity contribution is -0.385. The summed E-state index contributed by atoms with van der Waals surface area (Å²) in [5.41, 5.74) is 0.289. The fraction of sp³-hybridized carbons (Fsp3) is 0.538. The first-order chi connectivity index (χ1) is 9.49. The summed E-state index contributed by atoms with van der Waals surface area (Å²) in [5.74, 6) is -0.742. The summed E-state index contributed by atoms with van der Waals surface area (Å²) in [5, 5.41) is 23.0. The highest BCUT2D eigenvalue weighted by molar-refractivity contribution is 5.71. The molecule has 2 atom stereocenters. The van der Waals surface area contributed by atoms with Crippen molar-refractivity contribution < 1.29 is 14.8 Å². The number of anilines is 1. The van der Waals surface area contributed by atoms with Gasteiger partial charge in [-0.3, -0.25) is 14.9 Å². The Balaban J connectivity index is 2.14. The molecule has 0 aromatic carbocycles. The molecule has 0 saturated heterocycles. The lowest BCUT2D eigenvalue weighted by Gasteiger charge is -2.29. The van der Waals surface area contributed by atoms with Gasteiger partial charge in [0.25, 0.3) is 5.69 Å². The highest BCUT2D eigenvalue weighted by atomic mass is 16.6. The molecule has 2 N–H and O–H groups in total. The minimum absolute atomic E-state index is 0.0334. The summed E-state index contributed by atoms with van der Waals surface area (Å²) in [6.07, 6.45) is 3.32. The van der Waals surface area contributed by atoms with E-state index in [-0.39, 0.29) is 11.7 Å². The van der Waals surface area contributed by atoms with Gasteiger partial charge in [0.05, 0.1) is 10.8 Å². The zero-order chi connectivity index (χ0) is 14.7. The van der Waals surface area contributed by atoms with Gasteiger partial charge in [0.15, 0.2) is 0 Å². The number of carboxylic acids is 1. The topological polar surface area (TPSA) is 105 Å². The van der Waals surface area contributed by atoms with E-state index in [2.05, 4.69) is 10.3 Å². The quantitative estimate of drug-likeness (QED) is 0.647. The second-order valence-corrected chi connectivity index (χ2v) is 5.04. The number of aryl methyl sites for hydroxylation is 1. The van der Waals surface area contributed by atoms with E-state index in [1.807, 2.05) is 0 Å². The van der Waals surface area contributed by atoms with Crippen LogP contribution in [0.15, 0.2) is 12.1 Å². The summed E-state index contributed by atoms with van der Waals surface area (Å²) in [7, 11) is 0.